The van der Waals surface area contributed by atoms with Gasteiger partial charge in [0.1, 0.15) is 5.41 Å². The molecule has 1 aliphatic carbocycles. The fourth-order valence-corrected chi connectivity index (χ4v) is 2.76. The van der Waals surface area contributed by atoms with E-state index < -0.39 is 5.41 Å². The molecule has 1 saturated carbocycles. The number of hydrogen-bond donors (Lipinski definition) is 1. The number of anilines is 1. The average Bonchev–Trinajstić information content (AvgIpc) is 2.39. The van der Waals surface area contributed by atoms with Gasteiger partial charge >= 0.3 is 0 Å². The molecule has 3 nitrogen and oxygen atoms in total. The number of amides is 1. The summed E-state index contributed by atoms with van der Waals surface area (Å²) in [5, 5.41) is 12.2. The Morgan fingerprint density at radius 2 is 2.06 bits per heavy atom. The van der Waals surface area contributed by atoms with Crippen LogP contribution in [0, 0.1) is 16.7 Å². The Kier molecular flexibility index (Phi) is 4.03. The largest absolute Gasteiger partial charge is 0.325 e. The number of nitrogens with one attached hydrogen (secondary N) is 1. The van der Waals surface area contributed by atoms with Crippen molar-refractivity contribution in [3.8, 4) is 6.07 Å². The van der Waals surface area contributed by atoms with Gasteiger partial charge in [-0.15, -0.1) is 0 Å². The quantitative estimate of drug-likeness (QED) is 0.902. The summed E-state index contributed by atoms with van der Waals surface area (Å²) in [5.74, 6) is -0.164. The van der Waals surface area contributed by atoms with E-state index in [2.05, 4.69) is 27.3 Å². The highest BCUT2D eigenvalue weighted by atomic mass is 79.9. The second-order valence-corrected chi connectivity index (χ2v) is 5.63. The van der Waals surface area contributed by atoms with Crippen molar-refractivity contribution in [1.29, 1.82) is 5.26 Å². The number of carbonyl (C=O) groups excluding carboxylic acids is 1. The molecule has 0 heterocycles. The standard InChI is InChI=1S/C14H15BrN2O/c15-11-5-4-6-12(9-11)17-13(18)14(10-16)7-2-1-3-8-14/h4-6,9H,1-3,7-8H2,(H,17,18). The molecule has 0 aromatic heterocycles. The molecule has 0 spiro atoms. The lowest BCUT2D eigenvalue weighted by Gasteiger charge is -2.29. The van der Waals surface area contributed by atoms with E-state index in [1.807, 2.05) is 24.3 Å². The number of benzene rings is 1. The first-order valence-electron chi connectivity index (χ1n) is 6.15. The molecular weight excluding hydrogens is 292 g/mol. The van der Waals surface area contributed by atoms with Crippen LogP contribution >= 0.6 is 15.9 Å². The Balaban J connectivity index is 2.13. The zero-order chi connectivity index (χ0) is 13.0. The number of nitriles is 1. The lowest BCUT2D eigenvalue weighted by molar-refractivity contribution is -0.124. The van der Waals surface area contributed by atoms with Gasteiger partial charge in [-0.1, -0.05) is 41.3 Å². The summed E-state index contributed by atoms with van der Waals surface area (Å²) in [4.78, 5) is 12.3. The van der Waals surface area contributed by atoms with Gasteiger partial charge in [0, 0.05) is 10.2 Å². The third-order valence-electron chi connectivity index (χ3n) is 3.44. The van der Waals surface area contributed by atoms with Crippen molar-refractivity contribution in [3.63, 3.8) is 0 Å². The van der Waals surface area contributed by atoms with Gasteiger partial charge in [0.25, 0.3) is 0 Å². The van der Waals surface area contributed by atoms with Crippen LogP contribution < -0.4 is 5.32 Å². The van der Waals surface area contributed by atoms with Crippen LogP contribution in [0.1, 0.15) is 32.1 Å². The Morgan fingerprint density at radius 1 is 1.33 bits per heavy atom. The van der Waals surface area contributed by atoms with Crippen molar-refractivity contribution in [3.05, 3.63) is 28.7 Å². The Hall–Kier alpha value is -1.34. The third kappa shape index (κ3) is 2.73. The maximum Gasteiger partial charge on any atom is 0.244 e. The van der Waals surface area contributed by atoms with Gasteiger partial charge in [-0.2, -0.15) is 5.26 Å². The van der Waals surface area contributed by atoms with Crippen LogP contribution in [-0.4, -0.2) is 5.91 Å². The van der Waals surface area contributed by atoms with Gasteiger partial charge in [-0.25, -0.2) is 0 Å². The molecule has 1 aromatic carbocycles. The van der Waals surface area contributed by atoms with Crippen LogP contribution in [0.25, 0.3) is 0 Å². The molecule has 1 fully saturated rings. The summed E-state index contributed by atoms with van der Waals surface area (Å²) in [6, 6.07) is 9.66. The lowest BCUT2D eigenvalue weighted by Crippen LogP contribution is -2.36. The fraction of sp³-hybridized carbons (Fsp3) is 0.429. The van der Waals surface area contributed by atoms with Crippen LogP contribution in [0.3, 0.4) is 0 Å². The predicted octanol–water partition coefficient (Wildman–Crippen LogP) is 3.86. The topological polar surface area (TPSA) is 52.9 Å². The normalized spacial score (nSPS) is 17.8. The maximum absolute atomic E-state index is 12.3. The van der Waals surface area contributed by atoms with Crippen molar-refractivity contribution in [1.82, 2.24) is 0 Å². The summed E-state index contributed by atoms with van der Waals surface area (Å²) >= 11 is 3.36. The summed E-state index contributed by atoms with van der Waals surface area (Å²) < 4.78 is 0.912. The molecule has 0 bridgehead atoms. The average molecular weight is 307 g/mol. The molecule has 2 rings (SSSR count). The van der Waals surface area contributed by atoms with Crippen LogP contribution in [-0.2, 0) is 4.79 Å². The molecule has 1 aromatic rings. The van der Waals surface area contributed by atoms with Crippen molar-refractivity contribution >= 4 is 27.5 Å². The zero-order valence-electron chi connectivity index (χ0n) is 10.1. The van der Waals surface area contributed by atoms with Gasteiger partial charge in [0.05, 0.1) is 6.07 Å². The van der Waals surface area contributed by atoms with E-state index in [4.69, 9.17) is 0 Å². The molecule has 18 heavy (non-hydrogen) atoms. The molecule has 0 unspecified atom stereocenters. The van der Waals surface area contributed by atoms with Gasteiger partial charge in [-0.05, 0) is 31.0 Å². The molecule has 1 aliphatic rings. The molecule has 1 N–H and O–H groups in total. The SMILES string of the molecule is N#CC1(C(=O)Nc2cccc(Br)c2)CCCCC1. The van der Waals surface area contributed by atoms with E-state index in [0.717, 1.165) is 29.4 Å². The molecule has 1 amide bonds. The Labute approximate surface area is 115 Å². The van der Waals surface area contributed by atoms with Crippen molar-refractivity contribution < 1.29 is 4.79 Å². The van der Waals surface area contributed by atoms with Gasteiger partial charge in [0.2, 0.25) is 5.91 Å². The summed E-state index contributed by atoms with van der Waals surface area (Å²) in [5.41, 5.74) is -0.102. The number of rotatable bonds is 2. The van der Waals surface area contributed by atoms with Crippen molar-refractivity contribution in [2.75, 3.05) is 5.32 Å². The third-order valence-corrected chi connectivity index (χ3v) is 3.93. The second-order valence-electron chi connectivity index (χ2n) is 4.72. The Bertz CT molecular complexity index is 487. The molecular formula is C14H15BrN2O. The first kappa shape index (κ1) is 13.1. The molecule has 94 valence electrons. The van der Waals surface area contributed by atoms with E-state index in [9.17, 15) is 10.1 Å². The molecule has 0 radical (unpaired) electrons. The minimum atomic E-state index is -0.833. The summed E-state index contributed by atoms with van der Waals surface area (Å²) in [6.45, 7) is 0. The fourth-order valence-electron chi connectivity index (χ4n) is 2.36. The molecule has 0 atom stereocenters. The highest BCUT2D eigenvalue weighted by Crippen LogP contribution is 2.36. The van der Waals surface area contributed by atoms with Crippen molar-refractivity contribution in [2.45, 2.75) is 32.1 Å². The zero-order valence-corrected chi connectivity index (χ0v) is 11.7. The molecule has 4 heteroatoms. The van der Waals surface area contributed by atoms with E-state index in [-0.39, 0.29) is 5.91 Å². The minimum absolute atomic E-state index is 0.164. The number of carbonyl (C=O) groups is 1. The van der Waals surface area contributed by atoms with E-state index >= 15 is 0 Å². The highest BCUT2D eigenvalue weighted by molar-refractivity contribution is 9.10. The van der Waals surface area contributed by atoms with Gasteiger partial charge in [-0.3, -0.25) is 4.79 Å². The first-order valence-corrected chi connectivity index (χ1v) is 6.94. The van der Waals surface area contributed by atoms with Crippen LogP contribution in [0.4, 0.5) is 5.69 Å². The smallest absolute Gasteiger partial charge is 0.244 e. The van der Waals surface area contributed by atoms with Gasteiger partial charge < -0.3 is 5.32 Å². The summed E-state index contributed by atoms with van der Waals surface area (Å²) in [6.07, 6.45) is 4.37. The monoisotopic (exact) mass is 306 g/mol. The van der Waals surface area contributed by atoms with E-state index in [0.29, 0.717) is 12.8 Å². The second kappa shape index (κ2) is 5.53. The van der Waals surface area contributed by atoms with Crippen LogP contribution in [0.15, 0.2) is 28.7 Å². The van der Waals surface area contributed by atoms with Crippen LogP contribution in [0.2, 0.25) is 0 Å². The number of halogens is 1. The number of hydrogen-bond acceptors (Lipinski definition) is 2. The Morgan fingerprint density at radius 3 is 2.67 bits per heavy atom. The lowest BCUT2D eigenvalue weighted by atomic mass is 9.74. The van der Waals surface area contributed by atoms with E-state index in [1.165, 1.54) is 0 Å². The summed E-state index contributed by atoms with van der Waals surface area (Å²) in [7, 11) is 0. The number of nitrogens with zero attached hydrogens (tertiary/aromatic N) is 1. The minimum Gasteiger partial charge on any atom is -0.325 e. The maximum atomic E-state index is 12.3. The van der Waals surface area contributed by atoms with Gasteiger partial charge in [0.15, 0.2) is 0 Å². The highest BCUT2D eigenvalue weighted by Gasteiger charge is 2.39. The first-order chi connectivity index (χ1) is 8.66. The van der Waals surface area contributed by atoms with E-state index in [1.54, 1.807) is 0 Å². The predicted molar refractivity (Wildman–Crippen MR) is 73.9 cm³/mol. The molecule has 0 saturated heterocycles. The van der Waals surface area contributed by atoms with Crippen LogP contribution in [0.5, 0.6) is 0 Å². The molecule has 0 aliphatic heterocycles. The van der Waals surface area contributed by atoms with Crippen molar-refractivity contribution in [2.24, 2.45) is 5.41 Å².